The molecule has 0 radical (unpaired) electrons. The minimum absolute atomic E-state index is 0.0578. The lowest BCUT2D eigenvalue weighted by molar-refractivity contribution is -0.175. The number of fused-ring (bicyclic) bond motifs is 1. The lowest BCUT2D eigenvalue weighted by Crippen LogP contribution is -2.72. The van der Waals surface area contributed by atoms with E-state index in [2.05, 4.69) is 24.1 Å². The number of carboxylic acids is 1. The number of carbonyl (C=O) groups is 3. The smallest absolute Gasteiger partial charge is 0.334 e. The van der Waals surface area contributed by atoms with Gasteiger partial charge in [-0.25, -0.2) is 9.79 Å². The van der Waals surface area contributed by atoms with Gasteiger partial charge in [-0.1, -0.05) is 113 Å². The van der Waals surface area contributed by atoms with Gasteiger partial charge in [-0.05, 0) is 90.2 Å². The van der Waals surface area contributed by atoms with Crippen LogP contribution in [0.3, 0.4) is 0 Å². The number of hydrogen-bond acceptors (Lipinski definition) is 8. The average molecular weight is 868 g/mol. The van der Waals surface area contributed by atoms with Gasteiger partial charge in [0.05, 0.1) is 11.6 Å². The van der Waals surface area contributed by atoms with E-state index in [1.54, 1.807) is 0 Å². The molecule has 11 heteroatoms. The molecule has 3 saturated carbocycles. The number of ketones is 2. The molecule has 10 aliphatic rings. The molecular weight excluding hydrogens is 807 g/mol. The fourth-order valence-electron chi connectivity index (χ4n) is 17.8. The van der Waals surface area contributed by atoms with Gasteiger partial charge in [0.1, 0.15) is 22.7 Å². The Labute approximate surface area is 374 Å². The number of carbonyl (C=O) groups excluding carboxylic acids is 2. The van der Waals surface area contributed by atoms with Crippen LogP contribution in [-0.2, 0) is 14.4 Å². The molecule has 0 aliphatic heterocycles. The molecule has 1 aromatic carbocycles. The van der Waals surface area contributed by atoms with Gasteiger partial charge in [0, 0.05) is 57.8 Å². The van der Waals surface area contributed by atoms with Crippen molar-refractivity contribution in [3.8, 4) is 0 Å². The van der Waals surface area contributed by atoms with Crippen LogP contribution in [0.5, 0.6) is 0 Å². The second-order valence-corrected chi connectivity index (χ2v) is 22.1. The molecule has 11 nitrogen and oxygen atoms in total. The third-order valence-electron chi connectivity index (χ3n) is 19.9. The number of rotatable bonds is 5. The third-order valence-corrected chi connectivity index (χ3v) is 19.9. The fraction of sp³-hybridized carbons (Fsp3) is 0.547. The Kier molecular flexibility index (Phi) is 8.32. The maximum Gasteiger partial charge on any atom is 0.334 e. The van der Waals surface area contributed by atoms with Gasteiger partial charge in [0.25, 0.3) is 0 Å². The van der Waals surface area contributed by atoms with Crippen LogP contribution in [0.15, 0.2) is 110 Å². The van der Waals surface area contributed by atoms with E-state index in [1.165, 1.54) is 6.92 Å². The van der Waals surface area contributed by atoms with E-state index in [-0.39, 0.29) is 30.4 Å². The summed E-state index contributed by atoms with van der Waals surface area (Å²) in [6.07, 6.45) is 16.9. The van der Waals surface area contributed by atoms with Gasteiger partial charge in [-0.3, -0.25) is 9.59 Å². The van der Waals surface area contributed by atoms with E-state index < -0.39 is 96.8 Å². The van der Waals surface area contributed by atoms with Crippen molar-refractivity contribution in [2.75, 3.05) is 0 Å². The second kappa shape index (κ2) is 12.7. The van der Waals surface area contributed by atoms with Gasteiger partial charge in [-0.2, -0.15) is 0 Å². The summed E-state index contributed by atoms with van der Waals surface area (Å²) in [6, 6.07) is 9.01. The molecular formula is C53H61N3O8. The first-order valence-corrected chi connectivity index (χ1v) is 23.5. The predicted molar refractivity (Wildman–Crippen MR) is 241 cm³/mol. The molecule has 0 saturated heterocycles. The molecule has 10 aliphatic carbocycles. The highest BCUT2D eigenvalue weighted by atomic mass is 16.4. The summed E-state index contributed by atoms with van der Waals surface area (Å²) in [6.45, 7) is 9.42. The van der Waals surface area contributed by atoms with Crippen LogP contribution < -0.4 is 11.5 Å². The number of aliphatic imine (C=N–C) groups is 1. The Bertz CT molecular complexity index is 2650. The Morgan fingerprint density at radius 3 is 2.39 bits per heavy atom. The molecule has 0 heterocycles. The van der Waals surface area contributed by atoms with Crippen LogP contribution in [0.25, 0.3) is 6.08 Å². The van der Waals surface area contributed by atoms with E-state index in [0.717, 1.165) is 30.4 Å². The SMILES string of the molecule is C/C(C(=O)O)=C(/O)[C@]1(O)C2=CCC3=C2[C@@H]2[C@@]4(C=C[C@H](N=C(N)N)[C@@H]1[C@H]4C)[C@]14CCCCC[C@]56CCC(=O)C(C)(C)[C@H]5[C@H](/C=C/c5ccccc5)[C@]5(O)C=C(C3)[C@@]2(O)[C@]1(C)C5=C6C(=O)C4. The van der Waals surface area contributed by atoms with Crippen molar-refractivity contribution >= 4 is 29.6 Å². The van der Waals surface area contributed by atoms with E-state index in [4.69, 9.17) is 11.5 Å². The molecule has 0 aromatic heterocycles. The number of aliphatic carboxylic acids is 1. The van der Waals surface area contributed by atoms with E-state index >= 15 is 4.79 Å². The van der Waals surface area contributed by atoms with Crippen molar-refractivity contribution < 1.29 is 39.9 Å². The summed E-state index contributed by atoms with van der Waals surface area (Å²) in [5.74, 6) is -5.89. The van der Waals surface area contributed by atoms with Crippen LogP contribution >= 0.6 is 0 Å². The zero-order valence-corrected chi connectivity index (χ0v) is 37.4. The number of aliphatic hydroxyl groups excluding tert-OH is 1. The summed E-state index contributed by atoms with van der Waals surface area (Å²) < 4.78 is 0. The average Bonchev–Trinajstić information content (AvgIpc) is 3.70. The highest BCUT2D eigenvalue weighted by molar-refractivity contribution is 6.03. The Morgan fingerprint density at radius 2 is 1.69 bits per heavy atom. The highest BCUT2D eigenvalue weighted by Gasteiger charge is 2.90. The Morgan fingerprint density at radius 1 is 0.969 bits per heavy atom. The van der Waals surface area contributed by atoms with Crippen molar-refractivity contribution in [2.45, 2.75) is 122 Å². The summed E-state index contributed by atoms with van der Waals surface area (Å²) >= 11 is 0. The Hall–Kier alpha value is -4.84. The van der Waals surface area contributed by atoms with Crippen molar-refractivity contribution in [2.24, 2.45) is 73.1 Å². The molecule has 9 N–H and O–H groups in total. The molecule has 0 unspecified atom stereocenters. The van der Waals surface area contributed by atoms with E-state index in [9.17, 15) is 35.1 Å². The molecule has 3 fully saturated rings. The zero-order valence-electron chi connectivity index (χ0n) is 37.4. The van der Waals surface area contributed by atoms with Crippen molar-refractivity contribution in [1.82, 2.24) is 0 Å². The monoisotopic (exact) mass is 867 g/mol. The quantitative estimate of drug-likeness (QED) is 0.0545. The lowest BCUT2D eigenvalue weighted by atomic mass is 9.33. The standard InChI is InChI=1S/C53H61N3O8/c1-27(44(60)61)43(59)52(63)32-17-15-30-24-31-25-51(62)33(16-14-29-12-8-6-9-13-29)40-46(3,4)36(58)19-22-48(40)20-10-7-11-21-49-26-35(57)39(48)42(51)47(49,5)53(31,64)41(37(30)32)50(49)23-18-34(56-45(54)55)38(52)28(50)2/h6,8-9,12-14,16-18,23,25,28,33-34,38,40-41,59,62-64H,7,10-11,15,19-22,24,26H2,1-5H3,(H,60,61)(H4,54,55,56)/b16-14+,43-27-/t28-,33+,34+,38+,40-,41-,47-,48-,49+,50+,51-,52+,53+/m1/s1. The molecule has 0 amide bonds. The van der Waals surface area contributed by atoms with Crippen LogP contribution in [0.1, 0.15) is 104 Å². The minimum Gasteiger partial charge on any atom is -0.508 e. The number of nitrogens with two attached hydrogens (primary N) is 2. The number of nitrogens with zero attached hydrogens (tertiary/aromatic N) is 1. The first kappa shape index (κ1) is 41.8. The topological polar surface area (TPSA) is 217 Å². The van der Waals surface area contributed by atoms with Crippen molar-refractivity contribution in [1.29, 1.82) is 0 Å². The minimum atomic E-state index is -2.31. The lowest BCUT2D eigenvalue weighted by Gasteiger charge is -2.71. The van der Waals surface area contributed by atoms with E-state index in [1.807, 2.05) is 75.4 Å². The second-order valence-electron chi connectivity index (χ2n) is 22.1. The van der Waals surface area contributed by atoms with Gasteiger partial charge in [0.15, 0.2) is 17.3 Å². The maximum atomic E-state index is 16.3. The van der Waals surface area contributed by atoms with Crippen LogP contribution in [0, 0.1) is 56.7 Å². The molecule has 11 rings (SSSR count). The summed E-state index contributed by atoms with van der Waals surface area (Å²) in [4.78, 5) is 48.0. The van der Waals surface area contributed by atoms with E-state index in [0.29, 0.717) is 60.0 Å². The van der Waals surface area contributed by atoms with Crippen LogP contribution in [0.2, 0.25) is 0 Å². The molecule has 64 heavy (non-hydrogen) atoms. The third kappa shape index (κ3) is 4.33. The number of guanidine groups is 1. The van der Waals surface area contributed by atoms with Crippen LogP contribution in [-0.4, -0.2) is 71.9 Å². The molecule has 13 atom stereocenters. The molecule has 6 bridgehead atoms. The summed E-state index contributed by atoms with van der Waals surface area (Å²) in [5.41, 5.74) is 5.63. The normalized spacial score (nSPS) is 45.7. The summed E-state index contributed by atoms with van der Waals surface area (Å²) in [7, 11) is 0. The maximum absolute atomic E-state index is 16.3. The van der Waals surface area contributed by atoms with Crippen LogP contribution in [0.4, 0.5) is 0 Å². The molecule has 1 aromatic rings. The fourth-order valence-corrected chi connectivity index (χ4v) is 17.8. The number of aliphatic hydroxyl groups is 4. The predicted octanol–water partition coefficient (Wildman–Crippen LogP) is 6.72. The van der Waals surface area contributed by atoms with Gasteiger partial charge >= 0.3 is 5.97 Å². The van der Waals surface area contributed by atoms with Gasteiger partial charge in [-0.15, -0.1) is 0 Å². The molecule has 336 valence electrons. The molecule has 2 spiro atoms. The first-order chi connectivity index (χ1) is 30.2. The number of Topliss-reactive ketones (excluding diaryl/α,β-unsaturated/α-hetero) is 2. The zero-order chi connectivity index (χ0) is 45.5. The Balaban J connectivity index is 1.31. The number of carboxylic acid groups (broad SMARTS) is 1. The largest absolute Gasteiger partial charge is 0.508 e. The number of hydrogen-bond donors (Lipinski definition) is 7. The number of allylic oxidation sites excluding steroid dienone is 4. The first-order valence-electron chi connectivity index (χ1n) is 23.5. The van der Waals surface area contributed by atoms with Crippen molar-refractivity contribution in [3.63, 3.8) is 0 Å². The van der Waals surface area contributed by atoms with Gasteiger partial charge < -0.3 is 37.0 Å². The van der Waals surface area contributed by atoms with Gasteiger partial charge in [0.2, 0.25) is 0 Å². The highest BCUT2D eigenvalue weighted by Crippen LogP contribution is 2.89. The number of benzene rings is 1. The van der Waals surface area contributed by atoms with Crippen molar-refractivity contribution in [3.05, 3.63) is 111 Å². The summed E-state index contributed by atoms with van der Waals surface area (Å²) in [5, 5.41) is 65.6.